The van der Waals surface area contributed by atoms with Crippen molar-refractivity contribution in [2.24, 2.45) is 0 Å². The molecule has 0 unspecified atom stereocenters. The molecular formula is C13H13ClN2O3S. The third-order valence-electron chi connectivity index (χ3n) is 2.83. The van der Waals surface area contributed by atoms with Crippen LogP contribution in [0.15, 0.2) is 47.4 Å². The Kier molecular flexibility index (Phi) is 3.78. The number of rotatable bonds is 3. The highest BCUT2D eigenvalue weighted by atomic mass is 35.5. The number of nitrogen functional groups attached to an aromatic ring is 1. The van der Waals surface area contributed by atoms with E-state index >= 15 is 0 Å². The maximum Gasteiger partial charge on any atom is 0.267 e. The summed E-state index contributed by atoms with van der Waals surface area (Å²) in [6.07, 6.45) is 0. The molecule has 0 aliphatic carbocycles. The Morgan fingerprint density at radius 3 is 2.30 bits per heavy atom. The summed E-state index contributed by atoms with van der Waals surface area (Å²) in [5.74, 6) is 0.0526. The smallest absolute Gasteiger partial charge is 0.267 e. The predicted molar refractivity (Wildman–Crippen MR) is 79.6 cm³/mol. The molecule has 2 aromatic rings. The molecule has 106 valence electrons. The molecule has 0 aromatic heterocycles. The van der Waals surface area contributed by atoms with E-state index in [0.717, 1.165) is 4.31 Å². The Labute approximate surface area is 122 Å². The van der Waals surface area contributed by atoms with Gasteiger partial charge in [0.15, 0.2) is 0 Å². The molecule has 0 saturated heterocycles. The molecule has 0 atom stereocenters. The number of benzene rings is 2. The Balaban J connectivity index is 2.52. The van der Waals surface area contributed by atoms with Crippen molar-refractivity contribution in [3.63, 3.8) is 0 Å². The molecule has 0 bridgehead atoms. The molecule has 0 aliphatic heterocycles. The topological polar surface area (TPSA) is 83.6 Å². The first-order valence-electron chi connectivity index (χ1n) is 5.66. The minimum Gasteiger partial charge on any atom is -0.508 e. The quantitative estimate of drug-likeness (QED) is 0.853. The van der Waals surface area contributed by atoms with E-state index in [4.69, 9.17) is 17.3 Å². The largest absolute Gasteiger partial charge is 0.508 e. The van der Waals surface area contributed by atoms with E-state index < -0.39 is 10.0 Å². The average Bonchev–Trinajstić information content (AvgIpc) is 2.38. The van der Waals surface area contributed by atoms with Crippen LogP contribution >= 0.6 is 11.6 Å². The van der Waals surface area contributed by atoms with Gasteiger partial charge in [-0.25, -0.2) is 8.42 Å². The Hall–Kier alpha value is -1.92. The summed E-state index contributed by atoms with van der Waals surface area (Å²) in [4.78, 5) is -0.128. The van der Waals surface area contributed by atoms with Crippen molar-refractivity contribution in [3.8, 4) is 5.75 Å². The van der Waals surface area contributed by atoms with Gasteiger partial charge in [-0.05, 0) is 36.4 Å². The Morgan fingerprint density at radius 2 is 1.75 bits per heavy atom. The second-order valence-corrected chi connectivity index (χ2v) is 6.46. The van der Waals surface area contributed by atoms with Gasteiger partial charge in [-0.3, -0.25) is 4.31 Å². The Morgan fingerprint density at radius 1 is 1.15 bits per heavy atom. The second kappa shape index (κ2) is 5.22. The molecule has 0 aliphatic rings. The highest BCUT2D eigenvalue weighted by molar-refractivity contribution is 7.93. The maximum absolute atomic E-state index is 12.6. The molecule has 0 radical (unpaired) electrons. The molecule has 7 heteroatoms. The van der Waals surface area contributed by atoms with Crippen molar-refractivity contribution >= 4 is 33.0 Å². The summed E-state index contributed by atoms with van der Waals surface area (Å²) >= 11 is 5.94. The number of hydrogen-bond acceptors (Lipinski definition) is 4. The molecule has 3 N–H and O–H groups in total. The van der Waals surface area contributed by atoms with Gasteiger partial charge in [0.2, 0.25) is 0 Å². The molecule has 0 heterocycles. The first kappa shape index (κ1) is 14.5. The van der Waals surface area contributed by atoms with E-state index in [0.29, 0.717) is 5.69 Å². The normalized spacial score (nSPS) is 11.3. The SMILES string of the molecule is CN(c1ccc(O)cc1)S(=O)(=O)c1c(N)cccc1Cl. The fourth-order valence-electron chi connectivity index (χ4n) is 1.74. The Bertz CT molecular complexity index is 710. The van der Waals surface area contributed by atoms with Crippen molar-refractivity contribution in [3.05, 3.63) is 47.5 Å². The lowest BCUT2D eigenvalue weighted by molar-refractivity contribution is 0.475. The van der Waals surface area contributed by atoms with Crippen LogP contribution in [0.3, 0.4) is 0 Å². The summed E-state index contributed by atoms with van der Waals surface area (Å²) in [6, 6.07) is 10.3. The van der Waals surface area contributed by atoms with Gasteiger partial charge < -0.3 is 10.8 Å². The molecule has 0 spiro atoms. The standard InChI is InChI=1S/C13H13ClN2O3S/c1-16(9-5-7-10(17)8-6-9)20(18,19)13-11(14)3-2-4-12(13)15/h2-8,17H,15H2,1H3. The molecule has 5 nitrogen and oxygen atoms in total. The minimum absolute atomic E-state index is 0.0526. The number of anilines is 2. The van der Waals surface area contributed by atoms with Crippen LogP contribution in [-0.4, -0.2) is 20.6 Å². The van der Waals surface area contributed by atoms with Crippen LogP contribution in [0.2, 0.25) is 5.02 Å². The molecule has 2 aromatic carbocycles. The first-order chi connectivity index (χ1) is 9.34. The fraction of sp³-hybridized carbons (Fsp3) is 0.0769. The highest BCUT2D eigenvalue weighted by Crippen LogP contribution is 2.32. The molecule has 0 saturated carbocycles. The summed E-state index contributed by atoms with van der Waals surface area (Å²) in [7, 11) is -2.48. The van der Waals surface area contributed by atoms with Crippen LogP contribution in [0.4, 0.5) is 11.4 Å². The van der Waals surface area contributed by atoms with E-state index in [1.807, 2.05) is 0 Å². The summed E-state index contributed by atoms with van der Waals surface area (Å²) < 4.78 is 26.2. The summed E-state index contributed by atoms with van der Waals surface area (Å²) in [5, 5.41) is 9.30. The zero-order valence-electron chi connectivity index (χ0n) is 10.6. The van der Waals surface area contributed by atoms with Crippen LogP contribution < -0.4 is 10.0 Å². The van der Waals surface area contributed by atoms with Gasteiger partial charge in [0.05, 0.1) is 16.4 Å². The average molecular weight is 313 g/mol. The van der Waals surface area contributed by atoms with E-state index in [2.05, 4.69) is 0 Å². The van der Waals surface area contributed by atoms with Crippen molar-refractivity contribution in [2.45, 2.75) is 4.90 Å². The number of phenolic OH excluding ortho intramolecular Hbond substituents is 1. The number of sulfonamides is 1. The van der Waals surface area contributed by atoms with Gasteiger partial charge in [-0.2, -0.15) is 0 Å². The lowest BCUT2D eigenvalue weighted by Gasteiger charge is -2.21. The van der Waals surface area contributed by atoms with Crippen LogP contribution in [-0.2, 0) is 10.0 Å². The van der Waals surface area contributed by atoms with Crippen LogP contribution in [0.25, 0.3) is 0 Å². The number of phenols is 1. The first-order valence-corrected chi connectivity index (χ1v) is 7.48. The number of aromatic hydroxyl groups is 1. The third-order valence-corrected chi connectivity index (χ3v) is 5.16. The third kappa shape index (κ3) is 2.52. The molecular weight excluding hydrogens is 300 g/mol. The molecule has 0 fully saturated rings. The molecule has 0 amide bonds. The number of nitrogens with zero attached hydrogens (tertiary/aromatic N) is 1. The lowest BCUT2D eigenvalue weighted by atomic mass is 10.3. The van der Waals surface area contributed by atoms with Crippen molar-refractivity contribution in [1.82, 2.24) is 0 Å². The van der Waals surface area contributed by atoms with Crippen LogP contribution in [0.5, 0.6) is 5.75 Å². The van der Waals surface area contributed by atoms with E-state index in [1.165, 1.54) is 43.4 Å². The number of nitrogens with two attached hydrogens (primary N) is 1. The fourth-order valence-corrected chi connectivity index (χ4v) is 3.56. The van der Waals surface area contributed by atoms with Crippen molar-refractivity contribution in [2.75, 3.05) is 17.1 Å². The van der Waals surface area contributed by atoms with E-state index in [9.17, 15) is 13.5 Å². The van der Waals surface area contributed by atoms with Gasteiger partial charge >= 0.3 is 0 Å². The number of halogens is 1. The van der Waals surface area contributed by atoms with Crippen molar-refractivity contribution in [1.29, 1.82) is 0 Å². The summed E-state index contributed by atoms with van der Waals surface area (Å²) in [6.45, 7) is 0. The van der Waals surface area contributed by atoms with Crippen LogP contribution in [0.1, 0.15) is 0 Å². The predicted octanol–water partition coefficient (Wildman–Crippen LogP) is 2.45. The van der Waals surface area contributed by atoms with Gasteiger partial charge in [0.25, 0.3) is 10.0 Å². The van der Waals surface area contributed by atoms with Gasteiger partial charge in [0, 0.05) is 7.05 Å². The van der Waals surface area contributed by atoms with Crippen LogP contribution in [0, 0.1) is 0 Å². The summed E-state index contributed by atoms with van der Waals surface area (Å²) in [5.41, 5.74) is 6.19. The molecule has 20 heavy (non-hydrogen) atoms. The van der Waals surface area contributed by atoms with Gasteiger partial charge in [-0.15, -0.1) is 0 Å². The molecule has 2 rings (SSSR count). The monoisotopic (exact) mass is 312 g/mol. The zero-order valence-corrected chi connectivity index (χ0v) is 12.2. The highest BCUT2D eigenvalue weighted by Gasteiger charge is 2.26. The minimum atomic E-state index is -3.87. The van der Waals surface area contributed by atoms with Gasteiger partial charge in [0.1, 0.15) is 10.6 Å². The zero-order chi connectivity index (χ0) is 14.9. The van der Waals surface area contributed by atoms with Crippen molar-refractivity contribution < 1.29 is 13.5 Å². The number of hydrogen-bond donors (Lipinski definition) is 2. The van der Waals surface area contributed by atoms with Gasteiger partial charge in [-0.1, -0.05) is 17.7 Å². The second-order valence-electron chi connectivity index (χ2n) is 4.15. The lowest BCUT2D eigenvalue weighted by Crippen LogP contribution is -2.27. The van der Waals surface area contributed by atoms with E-state index in [1.54, 1.807) is 6.07 Å². The maximum atomic E-state index is 12.6. The van der Waals surface area contributed by atoms with E-state index in [-0.39, 0.29) is 21.4 Å².